The molecule has 0 unspecified atom stereocenters. The number of furan rings is 1. The molecule has 0 fully saturated rings. The lowest BCUT2D eigenvalue weighted by Crippen LogP contribution is -2.10. The fraction of sp³-hybridized carbons (Fsp3) is 0. The van der Waals surface area contributed by atoms with E-state index in [4.69, 9.17) is 34.6 Å². The summed E-state index contributed by atoms with van der Waals surface area (Å²) in [5, 5.41) is -3.15. The smallest absolute Gasteiger partial charge is 0.145 e. The van der Waals surface area contributed by atoms with Crippen LogP contribution in [0, 0.1) is 0 Å². The van der Waals surface area contributed by atoms with E-state index in [1.165, 1.54) is 0 Å². The van der Waals surface area contributed by atoms with Crippen LogP contribution in [-0.4, -0.2) is 0 Å². The van der Waals surface area contributed by atoms with Gasteiger partial charge in [-0.2, -0.15) is 0 Å². The Morgan fingerprint density at radius 2 is 0.870 bits per heavy atom. The first-order valence-electron chi connectivity index (χ1n) is 33.1. The van der Waals surface area contributed by atoms with Crippen LogP contribution < -0.4 is 4.90 Å². The van der Waals surface area contributed by atoms with E-state index in [0.717, 1.165) is 0 Å². The van der Waals surface area contributed by atoms with E-state index >= 15 is 0 Å². The summed E-state index contributed by atoms with van der Waals surface area (Å²) in [6, 6.07) is -38.6. The van der Waals surface area contributed by atoms with Crippen molar-refractivity contribution in [3.63, 3.8) is 0 Å². The summed E-state index contributed by atoms with van der Waals surface area (Å²) in [6.45, 7) is 0. The SMILES string of the molecule is [2H]c1c([2H])c([2H])c(-c2c([2H])c([2H])c(N(c3c([2H])c([2H])c(-c4c([2H])c([2H])c([2H])c(-c5c([2H])c([2H])c([2H])c([2H])c5[2H])c4[2H])c([2H])c3[2H])c3c([2H])c([2H])c(-c4c([2H])c([2H])c([2H])c5c([2H])c([2H])c([2H])c([2H])c45)c4oc5c([2H])c([2H])c([2H])c([2H])c5c34)c([2H])c2[2H])c([2H])c1[2H]. The van der Waals surface area contributed by atoms with Crippen molar-refractivity contribution in [2.75, 3.05) is 4.90 Å². The van der Waals surface area contributed by atoms with Gasteiger partial charge in [0.15, 0.2) is 0 Å². The van der Waals surface area contributed by atoms with Crippen molar-refractivity contribution in [2.45, 2.75) is 0 Å². The van der Waals surface area contributed by atoms with Crippen LogP contribution in [0.1, 0.15) is 48.0 Å². The minimum atomic E-state index is -1.41. The van der Waals surface area contributed by atoms with E-state index in [1.807, 2.05) is 0 Å². The van der Waals surface area contributed by atoms with Crippen molar-refractivity contribution in [1.29, 1.82) is 0 Å². The molecule has 254 valence electrons. The molecule has 1 heterocycles. The summed E-state index contributed by atoms with van der Waals surface area (Å²) in [5.74, 6) is 0. The maximum atomic E-state index is 10.1. The van der Waals surface area contributed by atoms with Crippen LogP contribution in [0.15, 0.2) is 216 Å². The summed E-state index contributed by atoms with van der Waals surface area (Å²) in [5.41, 5.74) is -13.0. The van der Waals surface area contributed by atoms with Crippen LogP contribution in [0.5, 0.6) is 0 Å². The van der Waals surface area contributed by atoms with Crippen LogP contribution in [0.2, 0.25) is 0 Å². The van der Waals surface area contributed by atoms with Gasteiger partial charge in [-0.15, -0.1) is 0 Å². The quantitative estimate of drug-likeness (QED) is 0.163. The molecule has 9 aromatic carbocycles. The van der Waals surface area contributed by atoms with Gasteiger partial charge in [-0.3, -0.25) is 0 Å². The van der Waals surface area contributed by atoms with Crippen LogP contribution >= 0.6 is 0 Å². The molecule has 0 saturated carbocycles. The van der Waals surface area contributed by atoms with Gasteiger partial charge in [0.25, 0.3) is 0 Å². The van der Waals surface area contributed by atoms with Crippen LogP contribution in [-0.2, 0) is 0 Å². The Bertz CT molecular complexity index is 4850. The van der Waals surface area contributed by atoms with Gasteiger partial charge in [0.2, 0.25) is 0 Å². The lowest BCUT2D eigenvalue weighted by molar-refractivity contribution is 0.670. The second kappa shape index (κ2) is 13.4. The molecule has 0 bridgehead atoms. The maximum Gasteiger partial charge on any atom is 0.145 e. The molecule has 0 amide bonds. The molecular weight excluding hydrogens is 655 g/mol. The molecular formula is C52H35NO. The van der Waals surface area contributed by atoms with Gasteiger partial charge in [-0.25, -0.2) is 0 Å². The second-order valence-corrected chi connectivity index (χ2v) is 11.0. The predicted octanol–water partition coefficient (Wildman–Crippen LogP) is 14.9. The lowest BCUT2D eigenvalue weighted by Gasteiger charge is -2.27. The van der Waals surface area contributed by atoms with Crippen LogP contribution in [0.3, 0.4) is 0 Å². The van der Waals surface area contributed by atoms with Gasteiger partial charge < -0.3 is 9.32 Å². The van der Waals surface area contributed by atoms with Gasteiger partial charge in [-0.05, 0) is 98.1 Å². The van der Waals surface area contributed by atoms with E-state index in [-0.39, 0.29) is 0 Å². The molecule has 10 rings (SSSR count). The third kappa shape index (κ3) is 5.62. The molecule has 0 aliphatic heterocycles. The zero-order valence-corrected chi connectivity index (χ0v) is 26.9. The maximum absolute atomic E-state index is 10.1. The van der Waals surface area contributed by atoms with Gasteiger partial charge in [0.05, 0.1) is 59.1 Å². The zero-order valence-electron chi connectivity index (χ0n) is 61.9. The normalized spacial score (nSPS) is 20.4. The first-order chi connectivity index (χ1) is 41.4. The number of nitrogens with zero attached hydrogens (tertiary/aromatic N) is 1. The van der Waals surface area contributed by atoms with Crippen molar-refractivity contribution in [1.82, 2.24) is 0 Å². The third-order valence-corrected chi connectivity index (χ3v) is 7.94. The molecule has 0 atom stereocenters. The number of hydrogen-bond donors (Lipinski definition) is 0. The van der Waals surface area contributed by atoms with E-state index in [9.17, 15) is 17.8 Å². The molecule has 0 saturated heterocycles. The van der Waals surface area contributed by atoms with Crippen LogP contribution in [0.25, 0.3) is 77.2 Å². The van der Waals surface area contributed by atoms with Gasteiger partial charge >= 0.3 is 0 Å². The van der Waals surface area contributed by atoms with Crippen molar-refractivity contribution in [2.24, 2.45) is 0 Å². The highest BCUT2D eigenvalue weighted by Gasteiger charge is 2.23. The average molecular weight is 725 g/mol. The Hall–Kier alpha value is -7.16. The predicted molar refractivity (Wildman–Crippen MR) is 228 cm³/mol. The topological polar surface area (TPSA) is 16.4 Å². The van der Waals surface area contributed by atoms with E-state index in [2.05, 4.69) is 0 Å². The number of para-hydroxylation sites is 1. The van der Waals surface area contributed by atoms with Gasteiger partial charge in [0.1, 0.15) is 11.2 Å². The van der Waals surface area contributed by atoms with Crippen molar-refractivity contribution >= 4 is 49.8 Å². The highest BCUT2D eigenvalue weighted by atomic mass is 16.3. The first-order valence-corrected chi connectivity index (χ1v) is 15.6. The molecule has 1 aromatic heterocycles. The summed E-state index contributed by atoms with van der Waals surface area (Å²) >= 11 is 0. The number of hydrogen-bond acceptors (Lipinski definition) is 2. The number of anilines is 3. The Kier molecular flexibility index (Phi) is 2.97. The van der Waals surface area contributed by atoms with Crippen molar-refractivity contribution in [3.8, 4) is 44.5 Å². The molecule has 10 aromatic rings. The van der Waals surface area contributed by atoms with Crippen LogP contribution in [0.4, 0.5) is 17.1 Å². The number of rotatable bonds is 7. The summed E-state index contributed by atoms with van der Waals surface area (Å²) in [6.07, 6.45) is 0. The molecule has 2 nitrogen and oxygen atoms in total. The highest BCUT2D eigenvalue weighted by Crippen LogP contribution is 2.47. The minimum Gasteiger partial charge on any atom is -0.455 e. The molecule has 0 aliphatic rings. The van der Waals surface area contributed by atoms with Crippen molar-refractivity contribution < 1.29 is 52.4 Å². The van der Waals surface area contributed by atoms with Gasteiger partial charge in [0, 0.05) is 22.3 Å². The van der Waals surface area contributed by atoms with E-state index in [1.54, 1.807) is 0 Å². The molecule has 2 heteroatoms. The van der Waals surface area contributed by atoms with E-state index < -0.39 is 306 Å². The Balaban J connectivity index is 1.46. The number of fused-ring (bicyclic) bond motifs is 4. The Morgan fingerprint density at radius 1 is 0.370 bits per heavy atom. The summed E-state index contributed by atoms with van der Waals surface area (Å²) in [4.78, 5) is 0.304. The largest absolute Gasteiger partial charge is 0.455 e. The van der Waals surface area contributed by atoms with Crippen molar-refractivity contribution in [3.05, 3.63) is 211 Å². The molecule has 0 aliphatic carbocycles. The van der Waals surface area contributed by atoms with E-state index in [0.29, 0.717) is 4.90 Å². The molecule has 54 heavy (non-hydrogen) atoms. The minimum absolute atomic E-state index is 0.304. The monoisotopic (exact) mass is 724 g/mol. The Morgan fingerprint density at radius 3 is 1.56 bits per heavy atom. The molecule has 0 spiro atoms. The lowest BCUT2D eigenvalue weighted by atomic mass is 9.95. The zero-order chi connectivity index (χ0) is 66.3. The summed E-state index contributed by atoms with van der Waals surface area (Å²) in [7, 11) is 0. The fourth-order valence-electron chi connectivity index (χ4n) is 5.57. The molecule has 0 N–H and O–H groups in total. The third-order valence-electron chi connectivity index (χ3n) is 7.94. The standard InChI is InChI=1S/C52H35NO/c1-3-13-36(14-4-1)38-25-29-43(30-26-38)53(44-31-27-39(28-32-44)42-20-11-19-41(35-42)37-15-5-2-6-16-37)49-34-33-47(46-23-12-18-40-17-7-8-21-45(40)46)52-51(49)48-22-9-10-24-50(48)54-52/h1-35H/i1D,2D,3D,4D,5D,6D,7D,8D,9D,10D,11D,12D,13D,14D,15D,16D,17D,18D,19D,20D,21D,22D,23D,24D,25D,26D,27D,28D,29D,30D,31D,32D,33D,34D,35D. The fourth-order valence-corrected chi connectivity index (χ4v) is 5.57. The first kappa shape index (κ1) is 11.9. The van der Waals surface area contributed by atoms with Gasteiger partial charge in [-0.1, -0.05) is 163 Å². The average Bonchev–Trinajstić information content (AvgIpc) is 1.69. The highest BCUT2D eigenvalue weighted by molar-refractivity contribution is 6.18. The number of benzene rings is 9. The Labute approximate surface area is 364 Å². The summed E-state index contributed by atoms with van der Waals surface area (Å²) < 4.78 is 322. The molecule has 0 radical (unpaired) electrons. The second-order valence-electron chi connectivity index (χ2n) is 11.0.